The molecule has 4 rings (SSSR count). The highest BCUT2D eigenvalue weighted by Gasteiger charge is 2.28. The minimum absolute atomic E-state index is 0.101. The molecule has 0 radical (unpaired) electrons. The van der Waals surface area contributed by atoms with Gasteiger partial charge in [0.05, 0.1) is 18.3 Å². The average Bonchev–Trinajstić information content (AvgIpc) is 3.39. The lowest BCUT2D eigenvalue weighted by Gasteiger charge is -2.38. The van der Waals surface area contributed by atoms with E-state index < -0.39 is 0 Å². The van der Waals surface area contributed by atoms with Crippen molar-refractivity contribution in [3.8, 4) is 0 Å². The van der Waals surface area contributed by atoms with Crippen LogP contribution < -0.4 is 10.2 Å². The summed E-state index contributed by atoms with van der Waals surface area (Å²) in [6.07, 6.45) is 6.21. The summed E-state index contributed by atoms with van der Waals surface area (Å²) in [5.74, 6) is 1.71. The van der Waals surface area contributed by atoms with Crippen LogP contribution in [0.1, 0.15) is 38.3 Å². The van der Waals surface area contributed by atoms with Gasteiger partial charge in [0.1, 0.15) is 12.1 Å². The number of rotatable bonds is 6. The van der Waals surface area contributed by atoms with E-state index in [1.807, 2.05) is 13.0 Å². The van der Waals surface area contributed by atoms with Crippen LogP contribution in [0.2, 0.25) is 0 Å². The molecule has 2 aromatic rings. The van der Waals surface area contributed by atoms with Crippen LogP contribution >= 0.6 is 0 Å². The number of hydrogen-bond acceptors (Lipinski definition) is 7. The maximum atomic E-state index is 12.6. The topological polar surface area (TPSA) is 87.9 Å². The van der Waals surface area contributed by atoms with Gasteiger partial charge in [-0.3, -0.25) is 9.69 Å². The van der Waals surface area contributed by atoms with E-state index >= 15 is 0 Å². The number of carbonyl (C=O) groups excluding carboxylic acids is 1. The third-order valence-corrected chi connectivity index (χ3v) is 5.85. The van der Waals surface area contributed by atoms with E-state index in [-0.39, 0.29) is 11.9 Å². The van der Waals surface area contributed by atoms with Gasteiger partial charge in [-0.15, -0.1) is 0 Å². The Hall–Kier alpha value is -2.26. The monoisotopic (exact) mass is 387 g/mol. The second-order valence-corrected chi connectivity index (χ2v) is 7.70. The molecule has 1 unspecified atom stereocenters. The van der Waals surface area contributed by atoms with Crippen LogP contribution in [0.3, 0.4) is 0 Å². The molecule has 2 aromatic heterocycles. The van der Waals surface area contributed by atoms with Crippen LogP contribution in [0, 0.1) is 0 Å². The van der Waals surface area contributed by atoms with E-state index in [0.717, 1.165) is 50.5 Å². The summed E-state index contributed by atoms with van der Waals surface area (Å²) < 4.78 is 7.00. The van der Waals surface area contributed by atoms with Gasteiger partial charge >= 0.3 is 0 Å². The number of nitrogens with one attached hydrogen (secondary N) is 1. The molecule has 2 fully saturated rings. The summed E-state index contributed by atoms with van der Waals surface area (Å²) in [7, 11) is 1.66. The first-order valence-corrected chi connectivity index (χ1v) is 10.1. The van der Waals surface area contributed by atoms with Gasteiger partial charge in [0.2, 0.25) is 5.91 Å². The number of nitrogens with zero attached hydrogens (tertiary/aromatic N) is 6. The van der Waals surface area contributed by atoms with Crippen molar-refractivity contribution >= 4 is 17.5 Å². The highest BCUT2D eigenvalue weighted by Crippen LogP contribution is 2.20. The summed E-state index contributed by atoms with van der Waals surface area (Å²) >= 11 is 0. The zero-order valence-corrected chi connectivity index (χ0v) is 16.7. The fourth-order valence-corrected chi connectivity index (χ4v) is 4.19. The van der Waals surface area contributed by atoms with E-state index in [1.165, 1.54) is 19.2 Å². The van der Waals surface area contributed by atoms with E-state index in [0.29, 0.717) is 18.4 Å². The molecule has 0 spiro atoms. The Kier molecular flexibility index (Phi) is 5.72. The van der Waals surface area contributed by atoms with Crippen LogP contribution in [-0.4, -0.2) is 75.8 Å². The number of fused-ring (bicyclic) bond motifs is 1. The van der Waals surface area contributed by atoms with E-state index in [4.69, 9.17) is 4.74 Å². The zero-order chi connectivity index (χ0) is 19.5. The van der Waals surface area contributed by atoms with Crippen LogP contribution in [0.4, 0.5) is 5.82 Å². The number of methoxy groups -OCH3 is 1. The Morgan fingerprint density at radius 3 is 2.75 bits per heavy atom. The van der Waals surface area contributed by atoms with Crippen molar-refractivity contribution in [2.24, 2.45) is 0 Å². The molecule has 1 N–H and O–H groups in total. The smallest absolute Gasteiger partial charge is 0.254 e. The minimum atomic E-state index is -0.101. The Labute approximate surface area is 165 Å². The highest BCUT2D eigenvalue weighted by atomic mass is 16.5. The number of aromatic nitrogens is 4. The van der Waals surface area contributed by atoms with Gasteiger partial charge in [-0.05, 0) is 19.8 Å². The van der Waals surface area contributed by atoms with Crippen LogP contribution in [0.5, 0.6) is 0 Å². The summed E-state index contributed by atoms with van der Waals surface area (Å²) in [5, 5.41) is 7.54. The quantitative estimate of drug-likeness (QED) is 0.786. The third kappa shape index (κ3) is 3.95. The molecule has 9 nitrogen and oxygen atoms in total. The molecule has 152 valence electrons. The number of piperazine rings is 1. The minimum Gasteiger partial charge on any atom is -0.378 e. The highest BCUT2D eigenvalue weighted by molar-refractivity contribution is 5.81. The number of hydrogen-bond donors (Lipinski definition) is 1. The maximum absolute atomic E-state index is 12.6. The molecular formula is C19H29N7O2. The van der Waals surface area contributed by atoms with Gasteiger partial charge in [0, 0.05) is 45.4 Å². The molecule has 1 amide bonds. The molecule has 1 aliphatic carbocycles. The molecule has 1 saturated carbocycles. The van der Waals surface area contributed by atoms with Gasteiger partial charge in [-0.25, -0.2) is 4.98 Å². The second-order valence-electron chi connectivity index (χ2n) is 7.70. The van der Waals surface area contributed by atoms with Gasteiger partial charge in [0.15, 0.2) is 0 Å². The van der Waals surface area contributed by atoms with Crippen LogP contribution in [0.25, 0.3) is 5.78 Å². The van der Waals surface area contributed by atoms with Crippen LogP contribution in [0.15, 0.2) is 12.4 Å². The van der Waals surface area contributed by atoms with Crippen molar-refractivity contribution in [1.29, 1.82) is 0 Å². The summed E-state index contributed by atoms with van der Waals surface area (Å²) in [6.45, 7) is 5.76. The van der Waals surface area contributed by atoms with Crippen molar-refractivity contribution in [1.82, 2.24) is 29.8 Å². The lowest BCUT2D eigenvalue weighted by atomic mass is 10.2. The lowest BCUT2D eigenvalue weighted by Crippen LogP contribution is -2.55. The number of anilines is 1. The SMILES string of the molecule is COCc1cc(N2CCN(C(C)C(=O)NC3CCCC3)CC2)n2ncnc2n1. The Morgan fingerprint density at radius 2 is 2.04 bits per heavy atom. The first-order chi connectivity index (χ1) is 13.7. The fourth-order valence-electron chi connectivity index (χ4n) is 4.19. The van der Waals surface area contributed by atoms with Gasteiger partial charge in [0.25, 0.3) is 5.78 Å². The molecule has 3 heterocycles. The number of carbonyl (C=O) groups is 1. The Balaban J connectivity index is 1.40. The van der Waals surface area contributed by atoms with Crippen molar-refractivity contribution in [2.45, 2.75) is 51.3 Å². The van der Waals surface area contributed by atoms with E-state index in [1.54, 1.807) is 11.6 Å². The fraction of sp³-hybridized carbons (Fsp3) is 0.684. The lowest BCUT2D eigenvalue weighted by molar-refractivity contribution is -0.126. The van der Waals surface area contributed by atoms with Crippen molar-refractivity contribution in [3.05, 3.63) is 18.1 Å². The van der Waals surface area contributed by atoms with Gasteiger partial charge < -0.3 is 15.0 Å². The average molecular weight is 387 g/mol. The van der Waals surface area contributed by atoms with Gasteiger partial charge in [-0.1, -0.05) is 12.8 Å². The number of amides is 1. The molecule has 9 heteroatoms. The standard InChI is InChI=1S/C19H29N7O2/c1-14(18(27)22-15-5-3-4-6-15)24-7-9-25(10-8-24)17-11-16(12-28-2)23-19-20-13-21-26(17)19/h11,13-15H,3-10,12H2,1-2H3,(H,22,27). The molecule has 28 heavy (non-hydrogen) atoms. The van der Waals surface area contributed by atoms with E-state index in [9.17, 15) is 4.79 Å². The first-order valence-electron chi connectivity index (χ1n) is 10.1. The molecule has 1 atom stereocenters. The summed E-state index contributed by atoms with van der Waals surface area (Å²) in [4.78, 5) is 25.8. The Morgan fingerprint density at radius 1 is 1.29 bits per heavy atom. The van der Waals surface area contributed by atoms with Crippen molar-refractivity contribution < 1.29 is 9.53 Å². The normalized spacial score (nSPS) is 20.0. The predicted molar refractivity (Wildman–Crippen MR) is 105 cm³/mol. The zero-order valence-electron chi connectivity index (χ0n) is 16.7. The largest absolute Gasteiger partial charge is 0.378 e. The van der Waals surface area contributed by atoms with Crippen molar-refractivity contribution in [2.75, 3.05) is 38.2 Å². The summed E-state index contributed by atoms with van der Waals surface area (Å²) in [5.41, 5.74) is 0.838. The van der Waals surface area contributed by atoms with E-state index in [2.05, 4.69) is 30.2 Å². The summed E-state index contributed by atoms with van der Waals surface area (Å²) in [6, 6.07) is 2.28. The van der Waals surface area contributed by atoms with Crippen molar-refractivity contribution in [3.63, 3.8) is 0 Å². The molecule has 1 saturated heterocycles. The van der Waals surface area contributed by atoms with Gasteiger partial charge in [-0.2, -0.15) is 14.6 Å². The molecular weight excluding hydrogens is 358 g/mol. The van der Waals surface area contributed by atoms with Crippen LogP contribution in [-0.2, 0) is 16.1 Å². The number of ether oxygens (including phenoxy) is 1. The third-order valence-electron chi connectivity index (χ3n) is 5.85. The second kappa shape index (κ2) is 8.40. The maximum Gasteiger partial charge on any atom is 0.254 e. The molecule has 1 aliphatic heterocycles. The Bertz CT molecular complexity index is 810. The predicted octanol–water partition coefficient (Wildman–Crippen LogP) is 0.840. The molecule has 0 bridgehead atoms. The first kappa shape index (κ1) is 19.1. The molecule has 2 aliphatic rings. The molecule has 0 aromatic carbocycles.